The van der Waals surface area contributed by atoms with Crippen LogP contribution < -0.4 is 4.74 Å². The Balaban J connectivity index is 1.22. The summed E-state index contributed by atoms with van der Waals surface area (Å²) >= 11 is 0. The zero-order chi connectivity index (χ0) is 22.8. The summed E-state index contributed by atoms with van der Waals surface area (Å²) in [5.74, 6) is 0.774. The molecule has 1 atom stereocenters. The molecule has 5 rings (SSSR count). The minimum absolute atomic E-state index is 0.0213. The number of nitrogens with zero attached hydrogens (tertiary/aromatic N) is 6. The first-order chi connectivity index (χ1) is 16.1. The maximum absolute atomic E-state index is 13.2. The summed E-state index contributed by atoms with van der Waals surface area (Å²) in [6, 6.07) is 6.17. The number of piperidine rings is 1. The van der Waals surface area contributed by atoms with E-state index in [0.717, 1.165) is 38.0 Å². The van der Waals surface area contributed by atoms with E-state index in [1.807, 2.05) is 15.8 Å². The Morgan fingerprint density at radius 3 is 2.55 bits per heavy atom. The fourth-order valence-corrected chi connectivity index (χ4v) is 4.62. The number of ether oxygens (including phenoxy) is 1. The lowest BCUT2D eigenvalue weighted by atomic mass is 9.93. The Morgan fingerprint density at radius 2 is 1.82 bits per heavy atom. The number of amides is 1. The SMILES string of the molecule is CN1CCC(n2cc(C(=O)N3CCC(c4nccnc4Oc4ccc(F)cc4)CC3)cn2)C1. The van der Waals surface area contributed by atoms with Crippen LogP contribution >= 0.6 is 0 Å². The highest BCUT2D eigenvalue weighted by Crippen LogP contribution is 2.34. The maximum Gasteiger partial charge on any atom is 0.257 e. The Hall–Kier alpha value is -3.33. The van der Waals surface area contributed by atoms with Gasteiger partial charge in [0.05, 0.1) is 17.8 Å². The van der Waals surface area contributed by atoms with E-state index in [-0.39, 0.29) is 17.6 Å². The fourth-order valence-electron chi connectivity index (χ4n) is 4.62. The predicted molar refractivity (Wildman–Crippen MR) is 120 cm³/mol. The molecule has 2 saturated heterocycles. The topological polar surface area (TPSA) is 76.4 Å². The van der Waals surface area contributed by atoms with Crippen molar-refractivity contribution in [1.29, 1.82) is 0 Å². The molecule has 2 aliphatic heterocycles. The van der Waals surface area contributed by atoms with Gasteiger partial charge in [0.1, 0.15) is 17.3 Å². The summed E-state index contributed by atoms with van der Waals surface area (Å²) < 4.78 is 21.0. The summed E-state index contributed by atoms with van der Waals surface area (Å²) in [4.78, 5) is 26.1. The number of hydrogen-bond donors (Lipinski definition) is 0. The first-order valence-corrected chi connectivity index (χ1v) is 11.3. The van der Waals surface area contributed by atoms with E-state index in [9.17, 15) is 9.18 Å². The second-order valence-electron chi connectivity index (χ2n) is 8.78. The van der Waals surface area contributed by atoms with E-state index in [1.54, 1.807) is 30.7 Å². The zero-order valence-corrected chi connectivity index (χ0v) is 18.6. The number of carbonyl (C=O) groups is 1. The first-order valence-electron chi connectivity index (χ1n) is 11.3. The lowest BCUT2D eigenvalue weighted by Gasteiger charge is -2.31. The van der Waals surface area contributed by atoms with Crippen molar-refractivity contribution in [1.82, 2.24) is 29.5 Å². The average Bonchev–Trinajstić information content (AvgIpc) is 3.50. The van der Waals surface area contributed by atoms with Crippen LogP contribution in [-0.2, 0) is 0 Å². The number of hydrogen-bond acceptors (Lipinski definition) is 6. The van der Waals surface area contributed by atoms with Crippen molar-refractivity contribution in [3.05, 3.63) is 66.1 Å². The molecule has 33 heavy (non-hydrogen) atoms. The Bertz CT molecular complexity index is 1110. The molecular formula is C24H27FN6O2. The first kappa shape index (κ1) is 21.5. The molecule has 172 valence electrons. The van der Waals surface area contributed by atoms with Gasteiger partial charge in [-0.15, -0.1) is 0 Å². The molecule has 2 aliphatic rings. The number of carbonyl (C=O) groups excluding carboxylic acids is 1. The van der Waals surface area contributed by atoms with Crippen LogP contribution in [0.1, 0.15) is 47.3 Å². The molecular weight excluding hydrogens is 423 g/mol. The summed E-state index contributed by atoms with van der Waals surface area (Å²) in [5.41, 5.74) is 1.41. The molecule has 0 spiro atoms. The zero-order valence-electron chi connectivity index (χ0n) is 18.6. The molecule has 0 saturated carbocycles. The monoisotopic (exact) mass is 450 g/mol. The van der Waals surface area contributed by atoms with E-state index in [4.69, 9.17) is 4.74 Å². The van der Waals surface area contributed by atoms with Gasteiger partial charge in [-0.2, -0.15) is 5.10 Å². The number of benzene rings is 1. The third kappa shape index (κ3) is 4.73. The summed E-state index contributed by atoms with van der Waals surface area (Å²) in [6.45, 7) is 3.28. The molecule has 2 aromatic heterocycles. The van der Waals surface area contributed by atoms with Crippen LogP contribution in [0.5, 0.6) is 11.6 Å². The number of halogens is 1. The standard InChI is InChI=1S/C24H27FN6O2/c1-29-11-8-20(16-29)31-15-18(14-28-31)24(32)30-12-6-17(7-13-30)22-23(27-10-9-26-22)33-21-4-2-19(25)3-5-21/h2-5,9-10,14-15,17,20H,6-8,11-13,16H2,1H3. The molecule has 4 heterocycles. The van der Waals surface area contributed by atoms with Crippen LogP contribution in [0.2, 0.25) is 0 Å². The number of likely N-dealkylation sites (tertiary alicyclic amines) is 2. The molecule has 0 bridgehead atoms. The normalized spacial score (nSPS) is 19.7. The van der Waals surface area contributed by atoms with Gasteiger partial charge in [-0.3, -0.25) is 14.5 Å². The Labute approximate surface area is 192 Å². The quantitative estimate of drug-likeness (QED) is 0.592. The summed E-state index contributed by atoms with van der Waals surface area (Å²) in [5, 5.41) is 4.45. The van der Waals surface area contributed by atoms with Crippen molar-refractivity contribution in [2.24, 2.45) is 0 Å². The second kappa shape index (κ2) is 9.27. The van der Waals surface area contributed by atoms with E-state index < -0.39 is 0 Å². The molecule has 2 fully saturated rings. The van der Waals surface area contributed by atoms with E-state index in [2.05, 4.69) is 27.0 Å². The Morgan fingerprint density at radius 1 is 1.06 bits per heavy atom. The minimum Gasteiger partial charge on any atom is -0.437 e. The lowest BCUT2D eigenvalue weighted by Crippen LogP contribution is -2.38. The van der Waals surface area contributed by atoms with Crippen molar-refractivity contribution in [3.8, 4) is 11.6 Å². The summed E-state index contributed by atoms with van der Waals surface area (Å²) in [7, 11) is 2.10. The highest BCUT2D eigenvalue weighted by Gasteiger charge is 2.29. The molecule has 0 aliphatic carbocycles. The second-order valence-corrected chi connectivity index (χ2v) is 8.78. The van der Waals surface area contributed by atoms with Gasteiger partial charge in [0.15, 0.2) is 0 Å². The van der Waals surface area contributed by atoms with Gasteiger partial charge in [-0.1, -0.05) is 0 Å². The van der Waals surface area contributed by atoms with Crippen LogP contribution in [0.15, 0.2) is 49.1 Å². The molecule has 1 amide bonds. The van der Waals surface area contributed by atoms with Crippen LogP contribution in [0.25, 0.3) is 0 Å². The molecule has 9 heteroatoms. The van der Waals surface area contributed by atoms with E-state index in [1.165, 1.54) is 12.1 Å². The van der Waals surface area contributed by atoms with Gasteiger partial charge in [0.2, 0.25) is 5.88 Å². The number of likely N-dealkylation sites (N-methyl/N-ethyl adjacent to an activating group) is 1. The number of rotatable bonds is 5. The van der Waals surface area contributed by atoms with Crippen molar-refractivity contribution in [2.75, 3.05) is 33.2 Å². The highest BCUT2D eigenvalue weighted by molar-refractivity contribution is 5.93. The third-order valence-corrected chi connectivity index (χ3v) is 6.48. The minimum atomic E-state index is -0.320. The Kier molecular flexibility index (Phi) is 6.04. The molecule has 1 aromatic carbocycles. The van der Waals surface area contributed by atoms with Gasteiger partial charge in [-0.25, -0.2) is 9.37 Å². The van der Waals surface area contributed by atoms with Crippen molar-refractivity contribution in [3.63, 3.8) is 0 Å². The van der Waals surface area contributed by atoms with Crippen molar-refractivity contribution < 1.29 is 13.9 Å². The van der Waals surface area contributed by atoms with Gasteiger partial charge in [0, 0.05) is 44.1 Å². The molecule has 0 radical (unpaired) electrons. The van der Waals surface area contributed by atoms with Crippen LogP contribution in [0.4, 0.5) is 4.39 Å². The van der Waals surface area contributed by atoms with E-state index >= 15 is 0 Å². The molecule has 1 unspecified atom stereocenters. The van der Waals surface area contributed by atoms with E-state index in [0.29, 0.717) is 36.3 Å². The summed E-state index contributed by atoms with van der Waals surface area (Å²) in [6.07, 6.45) is 9.40. The van der Waals surface area contributed by atoms with Gasteiger partial charge in [-0.05, 0) is 57.1 Å². The molecule has 0 N–H and O–H groups in total. The molecule has 8 nitrogen and oxygen atoms in total. The number of aromatic nitrogens is 4. The smallest absolute Gasteiger partial charge is 0.257 e. The van der Waals surface area contributed by atoms with Gasteiger partial charge >= 0.3 is 0 Å². The van der Waals surface area contributed by atoms with Gasteiger partial charge in [0.25, 0.3) is 5.91 Å². The maximum atomic E-state index is 13.2. The lowest BCUT2D eigenvalue weighted by molar-refractivity contribution is 0.0711. The highest BCUT2D eigenvalue weighted by atomic mass is 19.1. The molecule has 3 aromatic rings. The van der Waals surface area contributed by atoms with Gasteiger partial charge < -0.3 is 14.5 Å². The fraction of sp³-hybridized carbons (Fsp3) is 0.417. The predicted octanol–water partition coefficient (Wildman–Crippen LogP) is 3.50. The van der Waals surface area contributed by atoms with Crippen molar-refractivity contribution in [2.45, 2.75) is 31.2 Å². The van der Waals surface area contributed by atoms with Crippen LogP contribution in [0, 0.1) is 5.82 Å². The van der Waals surface area contributed by atoms with Crippen LogP contribution in [0.3, 0.4) is 0 Å². The third-order valence-electron chi connectivity index (χ3n) is 6.48. The average molecular weight is 451 g/mol. The van der Waals surface area contributed by atoms with Crippen molar-refractivity contribution >= 4 is 5.91 Å². The van der Waals surface area contributed by atoms with Crippen LogP contribution in [-0.4, -0.2) is 68.7 Å². The largest absolute Gasteiger partial charge is 0.437 e.